The van der Waals surface area contributed by atoms with Crippen LogP contribution in [0.2, 0.25) is 0 Å². The Balaban J connectivity index is 2.26. The van der Waals surface area contributed by atoms with Crippen molar-refractivity contribution in [1.82, 2.24) is 0 Å². The van der Waals surface area contributed by atoms with E-state index in [0.29, 0.717) is 5.57 Å². The van der Waals surface area contributed by atoms with E-state index in [2.05, 4.69) is 6.58 Å². The average molecular weight is 314 g/mol. The van der Waals surface area contributed by atoms with Gasteiger partial charge in [0.2, 0.25) is 0 Å². The lowest BCUT2D eigenvalue weighted by atomic mass is 10.4. The second kappa shape index (κ2) is 7.24. The number of hydrogen-bond donors (Lipinski definition) is 0. The van der Waals surface area contributed by atoms with Gasteiger partial charge in [-0.15, -0.1) is 0 Å². The highest BCUT2D eigenvalue weighted by Crippen LogP contribution is 2.42. The second-order valence-electron chi connectivity index (χ2n) is 5.05. The van der Waals surface area contributed by atoms with Crippen molar-refractivity contribution >= 4 is 23.7 Å². The normalized spacial score (nSPS) is 11.0. The first-order chi connectivity index (χ1) is 10.5. The van der Waals surface area contributed by atoms with E-state index in [1.54, 1.807) is 6.92 Å². The number of ether oxygens (including phenoxy) is 1. The minimum atomic E-state index is -2.82. The van der Waals surface area contributed by atoms with Gasteiger partial charge in [0.1, 0.15) is 7.14 Å². The molecular weight excluding hydrogens is 295 g/mol. The number of esters is 1. The smallest absolute Gasteiger partial charge is 0.333 e. The lowest BCUT2D eigenvalue weighted by Gasteiger charge is -2.19. The zero-order valence-corrected chi connectivity index (χ0v) is 13.5. The summed E-state index contributed by atoms with van der Waals surface area (Å²) in [5.74, 6) is -0.451. The number of benzene rings is 2. The molecule has 3 nitrogen and oxygen atoms in total. The second-order valence-corrected chi connectivity index (χ2v) is 8.01. The molecule has 0 aliphatic heterocycles. The molecule has 0 aromatic heterocycles. The van der Waals surface area contributed by atoms with Crippen LogP contribution in [0.4, 0.5) is 0 Å². The van der Waals surface area contributed by atoms with Gasteiger partial charge in [0.25, 0.3) is 0 Å². The van der Waals surface area contributed by atoms with Crippen LogP contribution in [0.3, 0.4) is 0 Å². The number of rotatable bonds is 6. The molecule has 2 aromatic carbocycles. The highest BCUT2D eigenvalue weighted by molar-refractivity contribution is 7.78. The van der Waals surface area contributed by atoms with Crippen molar-refractivity contribution in [3.05, 3.63) is 72.8 Å². The standard InChI is InChI=1S/C18H19O3P/c1-15(2)18(19)21-13-14-22(20,16-9-5-3-6-10-16)17-11-7-4-8-12-17/h3-12H,1,13-14H2,2H3. The summed E-state index contributed by atoms with van der Waals surface area (Å²) in [5.41, 5.74) is 0.342. The van der Waals surface area contributed by atoms with E-state index < -0.39 is 13.1 Å². The molecule has 2 aromatic rings. The fraction of sp³-hybridized carbons (Fsp3) is 0.167. The summed E-state index contributed by atoms with van der Waals surface area (Å²) in [6.45, 7) is 5.24. The Kier molecular flexibility index (Phi) is 5.35. The third kappa shape index (κ3) is 3.75. The topological polar surface area (TPSA) is 43.4 Å². The van der Waals surface area contributed by atoms with Gasteiger partial charge in [0.15, 0.2) is 0 Å². The molecule has 0 amide bonds. The summed E-state index contributed by atoms with van der Waals surface area (Å²) in [7, 11) is -2.82. The van der Waals surface area contributed by atoms with Crippen LogP contribution in [-0.4, -0.2) is 18.7 Å². The Morgan fingerprint density at radius 2 is 1.45 bits per heavy atom. The van der Waals surface area contributed by atoms with Gasteiger partial charge >= 0.3 is 5.97 Å². The van der Waals surface area contributed by atoms with E-state index in [4.69, 9.17) is 4.74 Å². The highest BCUT2D eigenvalue weighted by Gasteiger charge is 2.27. The van der Waals surface area contributed by atoms with Crippen LogP contribution in [0.5, 0.6) is 0 Å². The van der Waals surface area contributed by atoms with Gasteiger partial charge in [0.05, 0.1) is 6.61 Å². The van der Waals surface area contributed by atoms with Crippen molar-refractivity contribution in [3.8, 4) is 0 Å². The largest absolute Gasteiger partial charge is 0.462 e. The third-order valence-electron chi connectivity index (χ3n) is 3.33. The van der Waals surface area contributed by atoms with Crippen LogP contribution in [-0.2, 0) is 14.1 Å². The minimum absolute atomic E-state index is 0.104. The van der Waals surface area contributed by atoms with E-state index >= 15 is 0 Å². The summed E-state index contributed by atoms with van der Waals surface area (Å²) in [6.07, 6.45) is 0.278. The maximum atomic E-state index is 13.6. The van der Waals surface area contributed by atoms with Gasteiger partial charge in [0, 0.05) is 22.3 Å². The Morgan fingerprint density at radius 1 is 1.00 bits per heavy atom. The van der Waals surface area contributed by atoms with Crippen LogP contribution in [0.1, 0.15) is 6.92 Å². The molecule has 0 fully saturated rings. The first-order valence-corrected chi connectivity index (χ1v) is 8.96. The predicted octanol–water partition coefficient (Wildman–Crippen LogP) is 3.12. The molecule has 0 bridgehead atoms. The Morgan fingerprint density at radius 3 is 1.86 bits per heavy atom. The molecule has 0 spiro atoms. The fourth-order valence-electron chi connectivity index (χ4n) is 2.13. The van der Waals surface area contributed by atoms with Gasteiger partial charge in [-0.2, -0.15) is 0 Å². The number of hydrogen-bond acceptors (Lipinski definition) is 3. The molecule has 22 heavy (non-hydrogen) atoms. The molecule has 0 heterocycles. The Hall–Kier alpha value is -2.12. The van der Waals surface area contributed by atoms with E-state index in [9.17, 15) is 9.36 Å². The predicted molar refractivity (Wildman–Crippen MR) is 90.4 cm³/mol. The third-order valence-corrected chi connectivity index (χ3v) is 6.41. The van der Waals surface area contributed by atoms with Gasteiger partial charge < -0.3 is 9.30 Å². The minimum Gasteiger partial charge on any atom is -0.462 e. The summed E-state index contributed by atoms with van der Waals surface area (Å²) in [6, 6.07) is 18.7. The first-order valence-electron chi connectivity index (χ1n) is 7.07. The SMILES string of the molecule is C=C(C)C(=O)OCCP(=O)(c1ccccc1)c1ccccc1. The van der Waals surface area contributed by atoms with E-state index in [1.165, 1.54) is 0 Å². The summed E-state index contributed by atoms with van der Waals surface area (Å²) >= 11 is 0. The fourth-order valence-corrected chi connectivity index (χ4v) is 4.61. The van der Waals surface area contributed by atoms with Gasteiger partial charge in [-0.25, -0.2) is 4.79 Å². The van der Waals surface area contributed by atoms with Crippen molar-refractivity contribution in [2.75, 3.05) is 12.8 Å². The van der Waals surface area contributed by atoms with Crippen LogP contribution in [0, 0.1) is 0 Å². The van der Waals surface area contributed by atoms with Crippen molar-refractivity contribution in [2.45, 2.75) is 6.92 Å². The maximum absolute atomic E-state index is 13.6. The van der Waals surface area contributed by atoms with Crippen molar-refractivity contribution in [1.29, 1.82) is 0 Å². The van der Waals surface area contributed by atoms with Crippen LogP contribution in [0.25, 0.3) is 0 Å². The van der Waals surface area contributed by atoms with E-state index in [1.807, 2.05) is 60.7 Å². The molecule has 4 heteroatoms. The van der Waals surface area contributed by atoms with Gasteiger partial charge in [-0.3, -0.25) is 0 Å². The van der Waals surface area contributed by atoms with Crippen LogP contribution in [0.15, 0.2) is 72.8 Å². The lowest BCUT2D eigenvalue weighted by molar-refractivity contribution is -0.138. The van der Waals surface area contributed by atoms with Crippen molar-refractivity contribution in [3.63, 3.8) is 0 Å². The van der Waals surface area contributed by atoms with E-state index in [-0.39, 0.29) is 12.8 Å². The van der Waals surface area contributed by atoms with E-state index in [0.717, 1.165) is 10.6 Å². The maximum Gasteiger partial charge on any atom is 0.333 e. The summed E-state index contributed by atoms with van der Waals surface area (Å²) in [4.78, 5) is 11.5. The molecule has 2 rings (SSSR count). The molecule has 0 radical (unpaired) electrons. The monoisotopic (exact) mass is 314 g/mol. The Labute approximate surface area is 131 Å². The molecule has 0 saturated carbocycles. The molecular formula is C18H19O3P. The van der Waals surface area contributed by atoms with Crippen molar-refractivity contribution < 1.29 is 14.1 Å². The van der Waals surface area contributed by atoms with Crippen molar-refractivity contribution in [2.24, 2.45) is 0 Å². The Bertz CT molecular complexity index is 649. The summed E-state index contributed by atoms with van der Waals surface area (Å²) < 4.78 is 18.7. The quantitative estimate of drug-likeness (QED) is 0.467. The molecule has 0 atom stereocenters. The van der Waals surface area contributed by atoms with Crippen LogP contribution < -0.4 is 10.6 Å². The molecule has 0 saturated heterocycles. The molecule has 0 unspecified atom stereocenters. The van der Waals surface area contributed by atoms with Gasteiger partial charge in [-0.1, -0.05) is 67.2 Å². The summed E-state index contributed by atoms with van der Waals surface area (Å²) in [5, 5.41) is 1.54. The molecule has 114 valence electrons. The zero-order valence-electron chi connectivity index (χ0n) is 12.6. The van der Waals surface area contributed by atoms with Crippen LogP contribution >= 0.6 is 7.14 Å². The molecule has 0 N–H and O–H groups in total. The molecule has 0 aliphatic carbocycles. The van der Waals surface area contributed by atoms with Gasteiger partial charge in [-0.05, 0) is 6.92 Å². The zero-order chi connectivity index (χ0) is 16.0. The molecule has 0 aliphatic rings. The number of carbonyl (C=O) groups is 1. The lowest BCUT2D eigenvalue weighted by Crippen LogP contribution is -2.21. The first kappa shape index (κ1) is 16.3. The number of carbonyl (C=O) groups excluding carboxylic acids is 1. The highest BCUT2D eigenvalue weighted by atomic mass is 31.2. The average Bonchev–Trinajstić information content (AvgIpc) is 2.56.